The van der Waals surface area contributed by atoms with Gasteiger partial charge in [-0.15, -0.1) is 0 Å². The molecule has 3 aliphatic rings. The molecule has 2 aromatic carbocycles. The van der Waals surface area contributed by atoms with Gasteiger partial charge in [0.1, 0.15) is 12.4 Å². The fraction of sp³-hybridized carbons (Fsp3) is 0.400. The number of benzene rings is 2. The summed E-state index contributed by atoms with van der Waals surface area (Å²) >= 11 is 0. The second kappa shape index (κ2) is 6.37. The monoisotopic (exact) mass is 358 g/mol. The number of ether oxygens (including phenoxy) is 1. The minimum atomic E-state index is -0.141. The van der Waals surface area contributed by atoms with Crippen LogP contribution in [0.4, 0.5) is 0 Å². The maximum Gasteiger partial charge on any atom is 0.161 e. The van der Waals surface area contributed by atoms with Crippen LogP contribution in [-0.4, -0.2) is 5.78 Å². The molecule has 0 bridgehead atoms. The lowest BCUT2D eigenvalue weighted by Crippen LogP contribution is -2.42. The highest BCUT2D eigenvalue weighted by Gasteiger charge is 2.52. The zero-order valence-corrected chi connectivity index (χ0v) is 15.9. The Kier molecular flexibility index (Phi) is 3.96. The molecule has 0 radical (unpaired) electrons. The highest BCUT2D eigenvalue weighted by atomic mass is 16.5. The molecule has 5 rings (SSSR count). The van der Waals surface area contributed by atoms with E-state index in [1.807, 2.05) is 24.3 Å². The Hall–Kier alpha value is -2.35. The van der Waals surface area contributed by atoms with Crippen molar-refractivity contribution in [1.29, 1.82) is 0 Å². The Morgan fingerprint density at radius 2 is 1.96 bits per heavy atom. The van der Waals surface area contributed by atoms with Crippen LogP contribution in [0.3, 0.4) is 0 Å². The predicted octanol–water partition coefficient (Wildman–Crippen LogP) is 5.47. The van der Waals surface area contributed by atoms with Crippen LogP contribution in [0.1, 0.15) is 48.8 Å². The molecule has 0 saturated heterocycles. The van der Waals surface area contributed by atoms with Gasteiger partial charge in [0.15, 0.2) is 5.78 Å². The number of rotatable bonds is 3. The van der Waals surface area contributed by atoms with E-state index < -0.39 is 0 Å². The van der Waals surface area contributed by atoms with Gasteiger partial charge in [0.2, 0.25) is 0 Å². The minimum absolute atomic E-state index is 0.141. The summed E-state index contributed by atoms with van der Waals surface area (Å²) in [5, 5.41) is 0. The van der Waals surface area contributed by atoms with Crippen molar-refractivity contribution in [1.82, 2.24) is 0 Å². The first kappa shape index (κ1) is 16.8. The van der Waals surface area contributed by atoms with Gasteiger partial charge in [0.05, 0.1) is 0 Å². The Morgan fingerprint density at radius 1 is 1.11 bits per heavy atom. The fourth-order valence-electron chi connectivity index (χ4n) is 5.66. The third kappa shape index (κ3) is 2.74. The van der Waals surface area contributed by atoms with Crippen LogP contribution in [0.25, 0.3) is 0 Å². The van der Waals surface area contributed by atoms with Crippen molar-refractivity contribution in [3.05, 3.63) is 77.4 Å². The first-order valence-corrected chi connectivity index (χ1v) is 10.2. The third-order valence-electron chi connectivity index (χ3n) is 7.22. The smallest absolute Gasteiger partial charge is 0.161 e. The molecule has 2 aromatic rings. The summed E-state index contributed by atoms with van der Waals surface area (Å²) in [6.45, 7) is 2.80. The quantitative estimate of drug-likeness (QED) is 0.727. The molecule has 0 unspecified atom stereocenters. The molecule has 1 saturated carbocycles. The summed E-state index contributed by atoms with van der Waals surface area (Å²) in [6.07, 6.45) is 8.47. The number of fused-ring (bicyclic) bond motifs is 5. The van der Waals surface area contributed by atoms with E-state index in [2.05, 4.69) is 43.3 Å². The Bertz CT molecular complexity index is 898. The largest absolute Gasteiger partial charge is 0.489 e. The number of hydrogen-bond donors (Lipinski definition) is 0. The van der Waals surface area contributed by atoms with E-state index in [0.717, 1.165) is 25.0 Å². The molecule has 3 aliphatic carbocycles. The van der Waals surface area contributed by atoms with E-state index in [9.17, 15) is 4.79 Å². The highest BCUT2D eigenvalue weighted by Crippen LogP contribution is 2.57. The van der Waals surface area contributed by atoms with E-state index in [4.69, 9.17) is 4.74 Å². The molecule has 1 fully saturated rings. The highest BCUT2D eigenvalue weighted by molar-refractivity contribution is 5.97. The second-order valence-corrected chi connectivity index (χ2v) is 8.65. The topological polar surface area (TPSA) is 26.3 Å². The molecule has 0 aromatic heterocycles. The minimum Gasteiger partial charge on any atom is -0.489 e. The fourth-order valence-corrected chi connectivity index (χ4v) is 5.66. The lowest BCUT2D eigenvalue weighted by molar-refractivity contribution is -0.126. The first-order chi connectivity index (χ1) is 13.1. The molecule has 0 N–H and O–H groups in total. The molecule has 0 spiro atoms. The predicted molar refractivity (Wildman–Crippen MR) is 107 cm³/mol. The summed E-state index contributed by atoms with van der Waals surface area (Å²) in [5.74, 6) is 2.93. The van der Waals surface area contributed by atoms with Gasteiger partial charge < -0.3 is 4.74 Å². The lowest BCUT2D eigenvalue weighted by atomic mass is 9.55. The van der Waals surface area contributed by atoms with Crippen molar-refractivity contribution >= 4 is 5.78 Å². The average molecular weight is 358 g/mol. The molecular formula is C25H26O2. The van der Waals surface area contributed by atoms with Crippen LogP contribution < -0.4 is 4.74 Å². The Balaban J connectivity index is 1.36. The molecule has 2 heteroatoms. The van der Waals surface area contributed by atoms with Gasteiger partial charge in [-0.05, 0) is 78.3 Å². The molecule has 138 valence electrons. The number of carbonyl (C=O) groups is 1. The number of hydrogen-bond acceptors (Lipinski definition) is 2. The standard InChI is InChI=1S/C25H26O2/c1-25-14-13-21-20-10-8-19(27-16-17-5-3-2-4-6-17)15-18(20)7-9-22(21)23(25)11-12-24(25)26/h2-6,8,10-12,15,21-23H,7,9,13-14,16H2,1H3/t21-,22-,23+,25+/m0/s1. The van der Waals surface area contributed by atoms with Crippen LogP contribution in [0.15, 0.2) is 60.7 Å². The number of ketones is 1. The molecule has 0 heterocycles. The van der Waals surface area contributed by atoms with Gasteiger partial charge in [-0.2, -0.15) is 0 Å². The molecule has 2 nitrogen and oxygen atoms in total. The number of carbonyl (C=O) groups excluding carboxylic acids is 1. The van der Waals surface area contributed by atoms with Crippen molar-refractivity contribution in [2.75, 3.05) is 0 Å². The number of aryl methyl sites for hydroxylation is 1. The Labute approximate surface area is 161 Å². The molecule has 0 aliphatic heterocycles. The van der Waals surface area contributed by atoms with Crippen molar-refractivity contribution in [2.24, 2.45) is 17.3 Å². The molecule has 4 atom stereocenters. The molecule has 0 amide bonds. The van der Waals surface area contributed by atoms with Gasteiger partial charge in [-0.1, -0.05) is 49.4 Å². The maximum atomic E-state index is 12.4. The summed E-state index contributed by atoms with van der Waals surface area (Å²) in [5.41, 5.74) is 3.99. The van der Waals surface area contributed by atoms with Gasteiger partial charge >= 0.3 is 0 Å². The van der Waals surface area contributed by atoms with Gasteiger partial charge in [0.25, 0.3) is 0 Å². The third-order valence-corrected chi connectivity index (χ3v) is 7.22. The van der Waals surface area contributed by atoms with Gasteiger partial charge in [-0.25, -0.2) is 0 Å². The molecular weight excluding hydrogens is 332 g/mol. The van der Waals surface area contributed by atoms with Gasteiger partial charge in [-0.3, -0.25) is 4.79 Å². The van der Waals surface area contributed by atoms with E-state index in [1.54, 1.807) is 0 Å². The summed E-state index contributed by atoms with van der Waals surface area (Å²) in [6, 6.07) is 17.0. The van der Waals surface area contributed by atoms with Crippen molar-refractivity contribution in [2.45, 2.75) is 45.1 Å². The SMILES string of the molecule is C[C@@]12CC[C@H]3c4ccc(OCc5ccccc5)cc4CC[C@@H]3[C@H]1C=CC2=O. The van der Waals surface area contributed by atoms with Crippen LogP contribution >= 0.6 is 0 Å². The zero-order chi connectivity index (χ0) is 18.4. The summed E-state index contributed by atoms with van der Waals surface area (Å²) in [7, 11) is 0. The normalized spacial score (nSPS) is 31.1. The summed E-state index contributed by atoms with van der Waals surface area (Å²) in [4.78, 5) is 12.4. The number of allylic oxidation sites excluding steroid dienone is 2. The van der Waals surface area contributed by atoms with Gasteiger partial charge in [0, 0.05) is 5.41 Å². The van der Waals surface area contributed by atoms with E-state index >= 15 is 0 Å². The summed E-state index contributed by atoms with van der Waals surface area (Å²) < 4.78 is 6.04. The Morgan fingerprint density at radius 3 is 2.81 bits per heavy atom. The van der Waals surface area contributed by atoms with Crippen LogP contribution in [0, 0.1) is 17.3 Å². The molecule has 27 heavy (non-hydrogen) atoms. The zero-order valence-electron chi connectivity index (χ0n) is 15.9. The van der Waals surface area contributed by atoms with Crippen molar-refractivity contribution < 1.29 is 9.53 Å². The van der Waals surface area contributed by atoms with E-state index in [0.29, 0.717) is 30.1 Å². The van der Waals surface area contributed by atoms with Crippen LogP contribution in [0.5, 0.6) is 5.75 Å². The van der Waals surface area contributed by atoms with Crippen molar-refractivity contribution in [3.8, 4) is 5.75 Å². The maximum absolute atomic E-state index is 12.4. The van der Waals surface area contributed by atoms with E-state index in [1.165, 1.54) is 23.1 Å². The van der Waals surface area contributed by atoms with Crippen LogP contribution in [-0.2, 0) is 17.8 Å². The second-order valence-electron chi connectivity index (χ2n) is 8.65. The average Bonchev–Trinajstić information content (AvgIpc) is 3.01. The van der Waals surface area contributed by atoms with Crippen LogP contribution in [0.2, 0.25) is 0 Å². The first-order valence-electron chi connectivity index (χ1n) is 10.2. The lowest BCUT2D eigenvalue weighted by Gasteiger charge is -2.48. The van der Waals surface area contributed by atoms with Crippen molar-refractivity contribution in [3.63, 3.8) is 0 Å². The van der Waals surface area contributed by atoms with E-state index in [-0.39, 0.29) is 5.41 Å².